The molecule has 492 valence electrons. The van der Waals surface area contributed by atoms with Gasteiger partial charge in [0.05, 0.1) is 150 Å². The second-order valence-corrected chi connectivity index (χ2v) is 21.1. The minimum Gasteiger partial charge on any atom is -0.481 e. The van der Waals surface area contributed by atoms with E-state index >= 15 is 4.39 Å². The molecule has 0 aliphatic heterocycles. The zero-order chi connectivity index (χ0) is 65.9. The number of anilines is 3. The lowest BCUT2D eigenvalue weighted by atomic mass is 10.0. The molecule has 0 spiro atoms. The summed E-state index contributed by atoms with van der Waals surface area (Å²) in [5.41, 5.74) is 9.27. The first-order valence-corrected chi connectivity index (χ1v) is 30.1. The number of carbonyl (C=O) groups excluding carboxylic acids is 2. The number of hydrogen-bond donors (Lipinski definition) is 7. The minimum absolute atomic E-state index is 0.0407. The van der Waals surface area contributed by atoms with Crippen molar-refractivity contribution in [2.45, 2.75) is 77.7 Å². The Balaban J connectivity index is 0.593. The van der Waals surface area contributed by atoms with Crippen LogP contribution in [-0.2, 0) is 57.7 Å². The van der Waals surface area contributed by atoms with Crippen LogP contribution in [0.1, 0.15) is 83.6 Å². The van der Waals surface area contributed by atoms with Gasteiger partial charge in [-0.05, 0) is 82.0 Å². The monoisotopic (exact) mass is 1310 g/mol. The average Bonchev–Trinajstić information content (AvgIpc) is 1.16. The number of hydrogen-bond acceptors (Lipinski definition) is 24. The first kappa shape index (κ1) is 69.3. The number of carboxylic acid groups (broad SMARTS) is 1. The molecule has 29 nitrogen and oxygen atoms in total. The lowest BCUT2D eigenvalue weighted by molar-refractivity contribution is -0.137. The van der Waals surface area contributed by atoms with E-state index in [-0.39, 0.29) is 102 Å². The van der Waals surface area contributed by atoms with Crippen LogP contribution >= 0.6 is 11.6 Å². The smallest absolute Gasteiger partial charge is 0.316 e. The van der Waals surface area contributed by atoms with Crippen molar-refractivity contribution in [1.82, 2.24) is 65.5 Å². The van der Waals surface area contributed by atoms with Crippen molar-refractivity contribution < 1.29 is 61.4 Å². The van der Waals surface area contributed by atoms with Crippen LogP contribution in [0.25, 0.3) is 33.5 Å². The molecular weight excluding hydrogens is 1240 g/mol. The number of halogens is 3. The summed E-state index contributed by atoms with van der Waals surface area (Å²) in [4.78, 5) is 81.8. The molecule has 8 N–H and O–H groups in total. The Morgan fingerprint density at radius 3 is 2.17 bits per heavy atom. The number of benzene rings is 2. The predicted octanol–water partition coefficient (Wildman–Crippen LogP) is 5.81. The van der Waals surface area contributed by atoms with Crippen molar-refractivity contribution >= 4 is 68.9 Å². The number of carbonyl (C=O) groups is 3. The predicted molar refractivity (Wildman–Crippen MR) is 334 cm³/mol. The van der Waals surface area contributed by atoms with Gasteiger partial charge in [0.1, 0.15) is 28.8 Å². The van der Waals surface area contributed by atoms with Crippen LogP contribution in [0, 0.1) is 29.9 Å². The molecule has 2 atom stereocenters. The number of carboxylic acids is 1. The molecule has 2 amide bonds. The Morgan fingerprint density at radius 2 is 1.48 bits per heavy atom. The molecule has 0 saturated heterocycles. The van der Waals surface area contributed by atoms with Crippen molar-refractivity contribution in [2.75, 3.05) is 102 Å². The third-order valence-corrected chi connectivity index (χ3v) is 14.2. The van der Waals surface area contributed by atoms with Gasteiger partial charge in [0, 0.05) is 60.3 Å². The van der Waals surface area contributed by atoms with Crippen molar-refractivity contribution in [3.05, 3.63) is 134 Å². The highest BCUT2D eigenvalue weighted by molar-refractivity contribution is 6.35. The van der Waals surface area contributed by atoms with Crippen LogP contribution in [0.3, 0.4) is 0 Å². The molecular formula is C61H70ClF2N17O12. The summed E-state index contributed by atoms with van der Waals surface area (Å²) in [6.45, 7) is 8.67. The number of nitrogens with two attached hydrogens (primary N) is 1. The second-order valence-electron chi connectivity index (χ2n) is 20.7. The number of nitrogens with one attached hydrogen (secondary N) is 5. The Labute approximate surface area is 536 Å². The molecule has 0 aliphatic carbocycles. The largest absolute Gasteiger partial charge is 0.481 e. The third kappa shape index (κ3) is 21.5. The number of nitrogen functional groups attached to an aromatic ring is 1. The van der Waals surface area contributed by atoms with Gasteiger partial charge < -0.3 is 65.3 Å². The summed E-state index contributed by atoms with van der Waals surface area (Å²) < 4.78 is 71.2. The van der Waals surface area contributed by atoms with Crippen LogP contribution in [0.4, 0.5) is 26.1 Å². The minimum atomic E-state index is -1.12. The maximum absolute atomic E-state index is 15.5. The van der Waals surface area contributed by atoms with E-state index in [0.29, 0.717) is 112 Å². The summed E-state index contributed by atoms with van der Waals surface area (Å²) in [7, 11) is 0. The molecule has 6 heterocycles. The zero-order valence-electron chi connectivity index (χ0n) is 51.0. The zero-order valence-corrected chi connectivity index (χ0v) is 51.8. The van der Waals surface area contributed by atoms with E-state index in [4.69, 9.17) is 50.5 Å². The molecule has 93 heavy (non-hydrogen) atoms. The summed E-state index contributed by atoms with van der Waals surface area (Å²) >= 11 is 6.68. The van der Waals surface area contributed by atoms with Crippen LogP contribution in [-0.4, -0.2) is 170 Å². The lowest BCUT2D eigenvalue weighted by Gasteiger charge is -2.20. The van der Waals surface area contributed by atoms with Crippen molar-refractivity contribution in [1.29, 1.82) is 5.26 Å². The number of aliphatic carboxylic acids is 1. The Kier molecular flexibility index (Phi) is 26.8. The van der Waals surface area contributed by atoms with Crippen LogP contribution < -0.4 is 37.3 Å². The van der Waals surface area contributed by atoms with E-state index < -0.39 is 47.1 Å². The molecule has 0 unspecified atom stereocenters. The van der Waals surface area contributed by atoms with E-state index in [1.54, 1.807) is 42.8 Å². The van der Waals surface area contributed by atoms with Crippen molar-refractivity contribution in [3.8, 4) is 23.3 Å². The number of ether oxygens (including phenoxy) is 7. The molecule has 0 radical (unpaired) electrons. The molecule has 8 aromatic rings. The van der Waals surface area contributed by atoms with Crippen LogP contribution in [0.5, 0.6) is 6.01 Å². The van der Waals surface area contributed by atoms with Gasteiger partial charge in [-0.1, -0.05) is 16.8 Å². The molecule has 0 aliphatic rings. The van der Waals surface area contributed by atoms with E-state index in [1.165, 1.54) is 42.9 Å². The van der Waals surface area contributed by atoms with Crippen LogP contribution in [0.2, 0.25) is 5.02 Å². The van der Waals surface area contributed by atoms with E-state index in [1.807, 2.05) is 12.3 Å². The Morgan fingerprint density at radius 1 is 0.796 bits per heavy atom. The number of H-pyrrole nitrogens is 1. The van der Waals surface area contributed by atoms with Gasteiger partial charge in [-0.3, -0.25) is 28.8 Å². The van der Waals surface area contributed by atoms with Gasteiger partial charge in [-0.15, -0.1) is 5.10 Å². The lowest BCUT2D eigenvalue weighted by Crippen LogP contribution is -2.47. The Bertz CT molecular complexity index is 3880. The SMILES string of the molecule is Cc1nc2cc(F)c(-c3cnc(OCCCCCn4cc(COCCOCCOCCOCCOCCOCCNC(=O)[C@H](CCC(=O)O)NC(=O)c5ccc(NCc6cnc7nc(N)[nH]c(=O)c7n6)cc5)nn4)nc3)nc2c(N[C@H](C)c2cc(C#N)ccc2F)c1Cl. The summed E-state index contributed by atoms with van der Waals surface area (Å²) in [6, 6.07) is 12.1. The second kappa shape index (κ2) is 35.9. The van der Waals surface area contributed by atoms with Crippen LogP contribution in [0.15, 0.2) is 78.1 Å². The number of pyridine rings is 2. The quantitative estimate of drug-likeness (QED) is 0.0223. The van der Waals surface area contributed by atoms with Gasteiger partial charge in [0.25, 0.3) is 11.5 Å². The standard InChI is InChI=1S/C61H70ClF2N17O12/c1-37(45-28-39(30-65)6-11-46(45)63)73-54-51(62)38(2)72-49-29-47(64)52(76-53(49)54)41-31-70-61(71-32-41)93-16-5-3-4-15-81-35-44(79-80-81)36-92-27-26-91-25-24-90-23-22-89-21-20-88-19-18-87-17-14-67-58(85)48(12-13-50(82)83)75-57(84)40-7-9-42(10-8-40)68-33-43-34-69-56-55(74-43)59(86)78-60(66)77-56/h6-11,28-29,31-32,34-35,37,48,68H,3-5,12-27,33,36H2,1-2H3,(H,67,85)(H,72,73)(H,75,84)(H,82,83)(H3,66,69,77,78,86)/t37-,48+/m1/s1. The summed E-state index contributed by atoms with van der Waals surface area (Å²) in [5, 5.41) is 38.8. The van der Waals surface area contributed by atoms with Gasteiger partial charge in [-0.2, -0.15) is 10.2 Å². The summed E-state index contributed by atoms with van der Waals surface area (Å²) in [6.07, 6.45) is 8.03. The number of unbranched alkanes of at least 4 members (excludes halogenated alkanes) is 2. The molecule has 2 aromatic carbocycles. The number of fused-ring (bicyclic) bond motifs is 2. The fourth-order valence-corrected chi connectivity index (χ4v) is 9.18. The molecule has 0 bridgehead atoms. The fraction of sp³-hybridized carbons (Fsp3) is 0.410. The van der Waals surface area contributed by atoms with E-state index in [0.717, 1.165) is 19.3 Å². The fourth-order valence-electron chi connectivity index (χ4n) is 8.99. The number of nitriles is 1. The molecule has 6 aromatic heterocycles. The highest BCUT2D eigenvalue weighted by atomic mass is 35.5. The average molecular weight is 1310 g/mol. The number of aromatic nitrogens is 11. The first-order chi connectivity index (χ1) is 45.1. The molecule has 32 heteroatoms. The van der Waals surface area contributed by atoms with Gasteiger partial charge in [0.2, 0.25) is 11.9 Å². The maximum Gasteiger partial charge on any atom is 0.316 e. The van der Waals surface area contributed by atoms with Gasteiger partial charge >= 0.3 is 12.0 Å². The van der Waals surface area contributed by atoms with Gasteiger partial charge in [-0.25, -0.2) is 38.7 Å². The number of nitrogens with zero attached hydrogens (tertiary/aromatic N) is 11. The number of amides is 2. The topological polar surface area (TPSA) is 388 Å². The van der Waals surface area contributed by atoms with E-state index in [2.05, 4.69) is 71.5 Å². The molecule has 0 fully saturated rings. The Hall–Kier alpha value is -9.55. The maximum atomic E-state index is 15.5. The van der Waals surface area contributed by atoms with Crippen molar-refractivity contribution in [2.24, 2.45) is 0 Å². The third-order valence-electron chi connectivity index (χ3n) is 13.8. The normalized spacial score (nSPS) is 12.0. The molecule has 0 saturated carbocycles. The highest BCUT2D eigenvalue weighted by Crippen LogP contribution is 2.37. The van der Waals surface area contributed by atoms with Crippen molar-refractivity contribution in [3.63, 3.8) is 0 Å². The summed E-state index contributed by atoms with van der Waals surface area (Å²) in [5.74, 6) is -3.47. The highest BCUT2D eigenvalue weighted by Gasteiger charge is 2.24. The van der Waals surface area contributed by atoms with Gasteiger partial charge in [0.15, 0.2) is 17.0 Å². The number of aryl methyl sites for hydroxylation is 2. The first-order valence-electron chi connectivity index (χ1n) is 29.7. The molecule has 8 rings (SSSR count). The van der Waals surface area contributed by atoms with E-state index in [9.17, 15) is 33.9 Å². The number of rotatable bonds is 40. The number of aromatic amines is 1.